The molecule has 1 N–H and O–H groups in total. The van der Waals surface area contributed by atoms with Gasteiger partial charge in [-0.25, -0.2) is 0 Å². The normalized spacial score (nSPS) is 15.1. The van der Waals surface area contributed by atoms with Crippen LogP contribution in [0.25, 0.3) is 0 Å². The predicted molar refractivity (Wildman–Crippen MR) is 68.2 cm³/mol. The Kier molecular flexibility index (Phi) is 5.54. The molecule has 1 radical (unpaired) electrons. The molecule has 0 amide bonds. The van der Waals surface area contributed by atoms with Gasteiger partial charge in [0.25, 0.3) is 0 Å². The number of benzene rings is 1. The van der Waals surface area contributed by atoms with Gasteiger partial charge in [0.05, 0.1) is 6.10 Å². The fourth-order valence-electron chi connectivity index (χ4n) is 2.15. The Morgan fingerprint density at radius 1 is 1.31 bits per heavy atom. The quantitative estimate of drug-likeness (QED) is 0.777. The van der Waals surface area contributed by atoms with Crippen LogP contribution in [0.2, 0.25) is 0 Å². The smallest absolute Gasteiger partial charge is 0.0608 e. The van der Waals surface area contributed by atoms with Gasteiger partial charge in [0.15, 0.2) is 0 Å². The van der Waals surface area contributed by atoms with Gasteiger partial charge in [0.2, 0.25) is 0 Å². The SMILES string of the molecule is CCC(CC(C)C)C(O)Cc1[c]cccc1. The molecule has 0 saturated heterocycles. The average Bonchev–Trinajstić information content (AvgIpc) is 2.26. The van der Waals surface area contributed by atoms with E-state index in [2.05, 4.69) is 26.8 Å². The molecular weight excluding hydrogens is 196 g/mol. The van der Waals surface area contributed by atoms with Crippen molar-refractivity contribution in [2.24, 2.45) is 11.8 Å². The number of aliphatic hydroxyl groups is 1. The lowest BCUT2D eigenvalue weighted by Gasteiger charge is -2.23. The first-order chi connectivity index (χ1) is 7.63. The summed E-state index contributed by atoms with van der Waals surface area (Å²) < 4.78 is 0. The highest BCUT2D eigenvalue weighted by molar-refractivity contribution is 5.14. The minimum absolute atomic E-state index is 0.231. The van der Waals surface area contributed by atoms with Crippen molar-refractivity contribution >= 4 is 0 Å². The van der Waals surface area contributed by atoms with E-state index >= 15 is 0 Å². The van der Waals surface area contributed by atoms with Crippen molar-refractivity contribution in [1.29, 1.82) is 0 Å². The van der Waals surface area contributed by atoms with Crippen molar-refractivity contribution in [3.05, 3.63) is 35.9 Å². The van der Waals surface area contributed by atoms with Crippen molar-refractivity contribution in [1.82, 2.24) is 0 Å². The van der Waals surface area contributed by atoms with Gasteiger partial charge in [-0.3, -0.25) is 0 Å². The van der Waals surface area contributed by atoms with E-state index in [0.717, 1.165) is 24.8 Å². The van der Waals surface area contributed by atoms with E-state index in [4.69, 9.17) is 0 Å². The molecule has 1 nitrogen and oxygen atoms in total. The molecule has 0 heterocycles. The summed E-state index contributed by atoms with van der Waals surface area (Å²) in [4.78, 5) is 0. The second-order valence-electron chi connectivity index (χ2n) is 4.96. The number of aliphatic hydroxyl groups excluding tert-OH is 1. The topological polar surface area (TPSA) is 20.2 Å². The van der Waals surface area contributed by atoms with Crippen LogP contribution in [0.3, 0.4) is 0 Å². The first-order valence-corrected chi connectivity index (χ1v) is 6.27. The summed E-state index contributed by atoms with van der Waals surface area (Å²) in [6.07, 6.45) is 2.65. The van der Waals surface area contributed by atoms with Gasteiger partial charge in [-0.15, -0.1) is 0 Å². The van der Waals surface area contributed by atoms with E-state index < -0.39 is 0 Å². The van der Waals surface area contributed by atoms with Gasteiger partial charge in [-0.2, -0.15) is 0 Å². The maximum atomic E-state index is 10.2. The third-order valence-electron chi connectivity index (χ3n) is 3.05. The van der Waals surface area contributed by atoms with Crippen LogP contribution in [0.5, 0.6) is 0 Å². The Labute approximate surface area is 99.5 Å². The summed E-state index contributed by atoms with van der Waals surface area (Å²) in [5, 5.41) is 10.2. The maximum absolute atomic E-state index is 10.2. The van der Waals surface area contributed by atoms with Crippen molar-refractivity contribution in [3.8, 4) is 0 Å². The fourth-order valence-corrected chi connectivity index (χ4v) is 2.15. The van der Waals surface area contributed by atoms with Crippen molar-refractivity contribution in [2.75, 3.05) is 0 Å². The second kappa shape index (κ2) is 6.70. The molecule has 0 aliphatic carbocycles. The molecule has 2 atom stereocenters. The molecule has 89 valence electrons. The molecule has 0 spiro atoms. The van der Waals surface area contributed by atoms with Crippen LogP contribution in [-0.4, -0.2) is 11.2 Å². The van der Waals surface area contributed by atoms with Crippen LogP contribution in [0, 0.1) is 17.9 Å². The van der Waals surface area contributed by atoms with Crippen LogP contribution in [0.15, 0.2) is 24.3 Å². The molecule has 1 rings (SSSR count). The van der Waals surface area contributed by atoms with Crippen LogP contribution < -0.4 is 0 Å². The summed E-state index contributed by atoms with van der Waals surface area (Å²) in [6.45, 7) is 6.58. The van der Waals surface area contributed by atoms with Crippen molar-refractivity contribution in [2.45, 2.75) is 46.1 Å². The minimum atomic E-state index is -0.231. The van der Waals surface area contributed by atoms with E-state index in [-0.39, 0.29) is 6.10 Å². The number of hydrogen-bond donors (Lipinski definition) is 1. The lowest BCUT2D eigenvalue weighted by Crippen LogP contribution is -2.23. The zero-order valence-corrected chi connectivity index (χ0v) is 10.6. The molecule has 2 unspecified atom stereocenters. The average molecular weight is 219 g/mol. The van der Waals surface area contributed by atoms with Crippen LogP contribution in [0.1, 0.15) is 39.2 Å². The third kappa shape index (κ3) is 4.36. The standard InChI is InChI=1S/C15H23O/c1-4-14(10-12(2)3)15(16)11-13-8-6-5-7-9-13/h5-8,12,14-16H,4,10-11H2,1-3H3. The Balaban J connectivity index is 2.52. The van der Waals surface area contributed by atoms with E-state index in [1.807, 2.05) is 24.3 Å². The molecule has 1 aromatic carbocycles. The molecule has 0 aromatic heterocycles. The highest BCUT2D eigenvalue weighted by atomic mass is 16.3. The monoisotopic (exact) mass is 219 g/mol. The first kappa shape index (κ1) is 13.2. The van der Waals surface area contributed by atoms with Gasteiger partial charge >= 0.3 is 0 Å². The van der Waals surface area contributed by atoms with E-state index in [1.165, 1.54) is 0 Å². The van der Waals surface area contributed by atoms with E-state index in [9.17, 15) is 5.11 Å². The zero-order chi connectivity index (χ0) is 12.0. The molecule has 1 heteroatoms. The fraction of sp³-hybridized carbons (Fsp3) is 0.600. The molecule has 0 saturated carbocycles. The third-order valence-corrected chi connectivity index (χ3v) is 3.05. The lowest BCUT2D eigenvalue weighted by molar-refractivity contribution is 0.0926. The van der Waals surface area contributed by atoms with E-state index in [0.29, 0.717) is 11.8 Å². The van der Waals surface area contributed by atoms with Gasteiger partial charge < -0.3 is 5.11 Å². The summed E-state index contributed by atoms with van der Waals surface area (Å²) in [7, 11) is 0. The number of rotatable bonds is 6. The highest BCUT2D eigenvalue weighted by Crippen LogP contribution is 2.21. The molecule has 16 heavy (non-hydrogen) atoms. The van der Waals surface area contributed by atoms with Gasteiger partial charge in [0.1, 0.15) is 0 Å². The molecule has 1 aromatic rings. The zero-order valence-electron chi connectivity index (χ0n) is 10.6. The number of hydrogen-bond acceptors (Lipinski definition) is 1. The highest BCUT2D eigenvalue weighted by Gasteiger charge is 2.18. The maximum Gasteiger partial charge on any atom is 0.0608 e. The van der Waals surface area contributed by atoms with Gasteiger partial charge in [-0.1, -0.05) is 51.5 Å². The van der Waals surface area contributed by atoms with Gasteiger partial charge in [-0.05, 0) is 36.3 Å². The van der Waals surface area contributed by atoms with Crippen LogP contribution in [0.4, 0.5) is 0 Å². The largest absolute Gasteiger partial charge is 0.392 e. The van der Waals surface area contributed by atoms with E-state index in [1.54, 1.807) is 0 Å². The van der Waals surface area contributed by atoms with Crippen LogP contribution in [-0.2, 0) is 6.42 Å². The Morgan fingerprint density at radius 2 is 2.06 bits per heavy atom. The summed E-state index contributed by atoms with van der Waals surface area (Å²) >= 11 is 0. The van der Waals surface area contributed by atoms with Crippen LogP contribution >= 0.6 is 0 Å². The second-order valence-corrected chi connectivity index (χ2v) is 4.96. The summed E-state index contributed by atoms with van der Waals surface area (Å²) in [5.41, 5.74) is 1.11. The van der Waals surface area contributed by atoms with Gasteiger partial charge in [0, 0.05) is 0 Å². The van der Waals surface area contributed by atoms with Crippen molar-refractivity contribution < 1.29 is 5.11 Å². The summed E-state index contributed by atoms with van der Waals surface area (Å²) in [6, 6.07) is 11.1. The predicted octanol–water partition coefficient (Wildman–Crippen LogP) is 3.46. The molecular formula is C15H23O. The van der Waals surface area contributed by atoms with Crippen molar-refractivity contribution in [3.63, 3.8) is 0 Å². The molecule has 0 aliphatic heterocycles. The Hall–Kier alpha value is -0.820. The Bertz CT molecular complexity index is 279. The summed E-state index contributed by atoms with van der Waals surface area (Å²) in [5.74, 6) is 1.06. The minimum Gasteiger partial charge on any atom is -0.392 e. The first-order valence-electron chi connectivity index (χ1n) is 6.27. The molecule has 0 aliphatic rings. The Morgan fingerprint density at radius 3 is 2.56 bits per heavy atom. The molecule has 0 fully saturated rings. The molecule has 0 bridgehead atoms. The lowest BCUT2D eigenvalue weighted by atomic mass is 9.87.